The Hall–Kier alpha value is -4.53. The van der Waals surface area contributed by atoms with Crippen LogP contribution in [-0.2, 0) is 4.79 Å². The van der Waals surface area contributed by atoms with Crippen LogP contribution in [0.25, 0.3) is 44.5 Å². The average Bonchev–Trinajstić information content (AvgIpc) is 3.42. The third-order valence-electron chi connectivity index (χ3n) is 5.29. The zero-order valence-electron chi connectivity index (χ0n) is 17.1. The number of anilines is 1. The van der Waals surface area contributed by atoms with E-state index in [4.69, 9.17) is 5.73 Å². The highest BCUT2D eigenvalue weighted by Crippen LogP contribution is 2.31. The molecule has 5 aromatic rings. The molecule has 5 N–H and O–H groups in total. The van der Waals surface area contributed by atoms with Gasteiger partial charge in [-0.05, 0) is 36.4 Å². The number of H-pyrrole nitrogens is 2. The number of nitrogens with two attached hydrogens (primary N) is 1. The number of primary amides is 1. The Bertz CT molecular complexity index is 1480. The molecular weight excluding hydrogens is 406 g/mol. The number of amides is 2. The van der Waals surface area contributed by atoms with Crippen LogP contribution in [0.3, 0.4) is 0 Å². The van der Waals surface area contributed by atoms with Crippen molar-refractivity contribution in [3.63, 3.8) is 0 Å². The van der Waals surface area contributed by atoms with Gasteiger partial charge in [0, 0.05) is 51.8 Å². The number of fused-ring (bicyclic) bond motifs is 2. The van der Waals surface area contributed by atoms with Crippen molar-refractivity contribution in [1.29, 1.82) is 0 Å². The van der Waals surface area contributed by atoms with Crippen molar-refractivity contribution in [3.05, 3.63) is 60.4 Å². The molecule has 0 bridgehead atoms. The Kier molecular flexibility index (Phi) is 4.63. The summed E-state index contributed by atoms with van der Waals surface area (Å²) in [4.78, 5) is 35.4. The topological polar surface area (TPSA) is 142 Å². The molecule has 0 fully saturated rings. The largest absolute Gasteiger partial charge is 0.366 e. The van der Waals surface area contributed by atoms with Gasteiger partial charge in [-0.1, -0.05) is 13.0 Å². The number of hydrogen-bond donors (Lipinski definition) is 4. The lowest BCUT2D eigenvalue weighted by molar-refractivity contribution is -0.115. The quantitative estimate of drug-likeness (QED) is 0.340. The lowest BCUT2D eigenvalue weighted by atomic mass is 10.1. The summed E-state index contributed by atoms with van der Waals surface area (Å²) in [5.41, 5.74) is 10.6. The molecule has 0 saturated heterocycles. The lowest BCUT2D eigenvalue weighted by Crippen LogP contribution is -2.10. The molecule has 32 heavy (non-hydrogen) atoms. The van der Waals surface area contributed by atoms with Crippen LogP contribution in [0.2, 0.25) is 0 Å². The van der Waals surface area contributed by atoms with Crippen LogP contribution >= 0.6 is 0 Å². The smallest absolute Gasteiger partial charge is 0.249 e. The molecule has 0 aliphatic carbocycles. The molecule has 4 aromatic heterocycles. The van der Waals surface area contributed by atoms with E-state index in [0.717, 1.165) is 38.8 Å². The fourth-order valence-electron chi connectivity index (χ4n) is 3.64. The maximum atomic E-state index is 11.8. The highest BCUT2D eigenvalue weighted by Gasteiger charge is 2.15. The van der Waals surface area contributed by atoms with E-state index in [0.29, 0.717) is 23.4 Å². The second kappa shape index (κ2) is 7.62. The molecule has 2 amide bonds. The number of aromatic nitrogens is 5. The second-order valence-corrected chi connectivity index (χ2v) is 7.34. The van der Waals surface area contributed by atoms with E-state index in [-0.39, 0.29) is 5.91 Å². The third-order valence-corrected chi connectivity index (χ3v) is 5.29. The number of rotatable bonds is 5. The van der Waals surface area contributed by atoms with E-state index in [1.807, 2.05) is 24.3 Å². The first kappa shape index (κ1) is 19.4. The number of carbonyl (C=O) groups is 2. The van der Waals surface area contributed by atoms with Gasteiger partial charge in [0.05, 0.1) is 11.4 Å². The summed E-state index contributed by atoms with van der Waals surface area (Å²) in [7, 11) is 0. The molecule has 0 aliphatic rings. The fraction of sp³-hybridized carbons (Fsp3) is 0.0870. The number of carbonyl (C=O) groups excluding carboxylic acids is 2. The fourth-order valence-corrected chi connectivity index (χ4v) is 3.64. The van der Waals surface area contributed by atoms with Crippen LogP contribution in [0.15, 0.2) is 54.9 Å². The van der Waals surface area contributed by atoms with Crippen LogP contribution in [-0.4, -0.2) is 37.0 Å². The van der Waals surface area contributed by atoms with Crippen LogP contribution in [0.5, 0.6) is 0 Å². The summed E-state index contributed by atoms with van der Waals surface area (Å²) in [6, 6.07) is 12.9. The van der Waals surface area contributed by atoms with Gasteiger partial charge >= 0.3 is 0 Å². The van der Waals surface area contributed by atoms with Gasteiger partial charge < -0.3 is 16.0 Å². The minimum atomic E-state index is -0.481. The molecular formula is C23H19N7O2. The van der Waals surface area contributed by atoms with Gasteiger partial charge in [-0.2, -0.15) is 5.10 Å². The summed E-state index contributed by atoms with van der Waals surface area (Å²) in [6.45, 7) is 1.79. The predicted octanol–water partition coefficient (Wildman–Crippen LogP) is 3.62. The third kappa shape index (κ3) is 3.35. The minimum Gasteiger partial charge on any atom is -0.366 e. The molecule has 0 atom stereocenters. The zero-order chi connectivity index (χ0) is 22.2. The van der Waals surface area contributed by atoms with Gasteiger partial charge in [0.15, 0.2) is 5.65 Å². The number of nitrogens with one attached hydrogen (secondary N) is 3. The van der Waals surface area contributed by atoms with E-state index >= 15 is 0 Å². The van der Waals surface area contributed by atoms with Crippen molar-refractivity contribution in [2.45, 2.75) is 13.3 Å². The molecule has 4 heterocycles. The molecule has 158 valence electrons. The van der Waals surface area contributed by atoms with Crippen molar-refractivity contribution < 1.29 is 9.59 Å². The van der Waals surface area contributed by atoms with Crippen LogP contribution in [0.4, 0.5) is 5.82 Å². The SMILES string of the molecule is CCC(=O)Nc1ccc(-c2cnc3n[nH]c(-c4cc5c(C(N)=O)cccc5[nH]4)c3c2)cn1. The van der Waals surface area contributed by atoms with Crippen molar-refractivity contribution in [3.8, 4) is 22.5 Å². The molecule has 0 unspecified atom stereocenters. The number of pyridine rings is 2. The zero-order valence-corrected chi connectivity index (χ0v) is 17.1. The molecule has 0 radical (unpaired) electrons. The molecule has 9 nitrogen and oxygen atoms in total. The highest BCUT2D eigenvalue weighted by molar-refractivity contribution is 6.07. The van der Waals surface area contributed by atoms with Gasteiger partial charge in [-0.15, -0.1) is 0 Å². The first-order valence-corrected chi connectivity index (χ1v) is 10.1. The summed E-state index contributed by atoms with van der Waals surface area (Å²) >= 11 is 0. The van der Waals surface area contributed by atoms with Gasteiger partial charge in [0.25, 0.3) is 0 Å². The highest BCUT2D eigenvalue weighted by atomic mass is 16.2. The summed E-state index contributed by atoms with van der Waals surface area (Å²) in [6.07, 6.45) is 3.81. The Labute approximate surface area is 182 Å². The maximum absolute atomic E-state index is 11.8. The maximum Gasteiger partial charge on any atom is 0.249 e. The standard InChI is InChI=1S/C23H19N7O2/c1-2-20(31)28-19-7-6-12(10-25-19)13-8-16-21(29-30-23(16)26-11-13)18-9-15-14(22(24)32)4-3-5-17(15)27-18/h3-11,27H,2H2,1H3,(H2,24,32)(H,25,28,31)(H,26,29,30). The van der Waals surface area contributed by atoms with Crippen LogP contribution in [0.1, 0.15) is 23.7 Å². The summed E-state index contributed by atoms with van der Waals surface area (Å²) in [5.74, 6) is -0.0678. The van der Waals surface area contributed by atoms with Gasteiger partial charge in [0.1, 0.15) is 5.82 Å². The molecule has 5 rings (SSSR count). The van der Waals surface area contributed by atoms with Gasteiger partial charge in [-0.25, -0.2) is 9.97 Å². The van der Waals surface area contributed by atoms with Crippen LogP contribution in [0, 0.1) is 0 Å². The monoisotopic (exact) mass is 425 g/mol. The Morgan fingerprint density at radius 1 is 1.03 bits per heavy atom. The number of nitrogens with zero attached hydrogens (tertiary/aromatic N) is 3. The van der Waals surface area contributed by atoms with Crippen molar-refractivity contribution in [1.82, 2.24) is 25.1 Å². The molecule has 0 aliphatic heterocycles. The number of hydrogen-bond acceptors (Lipinski definition) is 5. The molecule has 0 saturated carbocycles. The van der Waals surface area contributed by atoms with E-state index in [2.05, 4.69) is 30.5 Å². The van der Waals surface area contributed by atoms with E-state index < -0.39 is 5.91 Å². The van der Waals surface area contributed by atoms with E-state index in [1.165, 1.54) is 0 Å². The Morgan fingerprint density at radius 3 is 2.62 bits per heavy atom. The average molecular weight is 425 g/mol. The number of benzene rings is 1. The molecule has 0 spiro atoms. The van der Waals surface area contributed by atoms with Crippen molar-refractivity contribution >= 4 is 39.6 Å². The van der Waals surface area contributed by atoms with Crippen molar-refractivity contribution in [2.24, 2.45) is 5.73 Å². The number of aromatic amines is 2. The summed E-state index contributed by atoms with van der Waals surface area (Å²) in [5, 5.41) is 11.6. The molecule has 9 heteroatoms. The van der Waals surface area contributed by atoms with E-state index in [1.54, 1.807) is 37.5 Å². The van der Waals surface area contributed by atoms with E-state index in [9.17, 15) is 9.59 Å². The molecule has 1 aromatic carbocycles. The predicted molar refractivity (Wildman–Crippen MR) is 122 cm³/mol. The van der Waals surface area contributed by atoms with Gasteiger partial charge in [-0.3, -0.25) is 14.7 Å². The van der Waals surface area contributed by atoms with Crippen molar-refractivity contribution in [2.75, 3.05) is 5.32 Å². The summed E-state index contributed by atoms with van der Waals surface area (Å²) < 4.78 is 0. The second-order valence-electron chi connectivity index (χ2n) is 7.34. The van der Waals surface area contributed by atoms with Crippen LogP contribution < -0.4 is 11.1 Å². The normalized spacial score (nSPS) is 11.2. The lowest BCUT2D eigenvalue weighted by Gasteiger charge is -2.05. The Balaban J connectivity index is 1.55. The Morgan fingerprint density at radius 2 is 1.88 bits per heavy atom. The first-order valence-electron chi connectivity index (χ1n) is 10.1. The minimum absolute atomic E-state index is 0.0887. The first-order chi connectivity index (χ1) is 15.5. The van der Waals surface area contributed by atoms with Gasteiger partial charge in [0.2, 0.25) is 11.8 Å².